The second-order valence-electron chi connectivity index (χ2n) is 7.15. The zero-order chi connectivity index (χ0) is 24.7. The van der Waals surface area contributed by atoms with Gasteiger partial charge in [-0.1, -0.05) is 17.2 Å². The predicted octanol–water partition coefficient (Wildman–Crippen LogP) is 3.52. The summed E-state index contributed by atoms with van der Waals surface area (Å²) < 4.78 is 45.9. The van der Waals surface area contributed by atoms with Gasteiger partial charge < -0.3 is 18.6 Å². The van der Waals surface area contributed by atoms with Crippen molar-refractivity contribution < 1.29 is 31.8 Å². The van der Waals surface area contributed by atoms with Gasteiger partial charge in [-0.25, -0.2) is 8.42 Å². The number of sulfone groups is 1. The molecule has 0 saturated heterocycles. The van der Waals surface area contributed by atoms with Crippen molar-refractivity contribution in [2.75, 3.05) is 31.4 Å². The number of hydrogen-bond acceptors (Lipinski definition) is 9. The lowest BCUT2D eigenvalue weighted by Crippen LogP contribution is -2.14. The Hall–Kier alpha value is -3.60. The Morgan fingerprint density at radius 1 is 0.941 bits per heavy atom. The van der Waals surface area contributed by atoms with Crippen molar-refractivity contribution >= 4 is 21.8 Å². The van der Waals surface area contributed by atoms with Gasteiger partial charge in [0.05, 0.1) is 31.1 Å². The molecular formula is C23H27N3O7S. The molecule has 0 fully saturated rings. The van der Waals surface area contributed by atoms with Gasteiger partial charge in [0.1, 0.15) is 0 Å². The van der Waals surface area contributed by atoms with Crippen molar-refractivity contribution in [3.63, 3.8) is 0 Å². The van der Waals surface area contributed by atoms with Gasteiger partial charge in [0, 0.05) is 11.8 Å². The summed E-state index contributed by atoms with van der Waals surface area (Å²) >= 11 is 0. The zero-order valence-electron chi connectivity index (χ0n) is 19.5. The lowest BCUT2D eigenvalue weighted by atomic mass is 10.1. The van der Waals surface area contributed by atoms with Gasteiger partial charge in [0.15, 0.2) is 21.3 Å². The van der Waals surface area contributed by atoms with Crippen LogP contribution in [0.1, 0.15) is 26.3 Å². The largest absolute Gasteiger partial charge is 0.490 e. The fourth-order valence-corrected chi connectivity index (χ4v) is 3.74. The van der Waals surface area contributed by atoms with E-state index in [1.165, 1.54) is 12.1 Å². The zero-order valence-corrected chi connectivity index (χ0v) is 20.3. The summed E-state index contributed by atoms with van der Waals surface area (Å²) in [4.78, 5) is 12.6. The molecule has 0 bridgehead atoms. The summed E-state index contributed by atoms with van der Waals surface area (Å²) in [6.07, 6.45) is 1.13. The number of hydrogen-bond donors (Lipinski definition) is 1. The number of rotatable bonds is 11. The van der Waals surface area contributed by atoms with Crippen molar-refractivity contribution in [1.29, 1.82) is 0 Å². The number of aromatic nitrogens is 2. The highest BCUT2D eigenvalue weighted by molar-refractivity contribution is 7.90. The Labute approximate surface area is 198 Å². The Morgan fingerprint density at radius 3 is 2.06 bits per heavy atom. The first-order chi connectivity index (χ1) is 16.2. The first-order valence-electron chi connectivity index (χ1n) is 10.7. The third-order valence-electron chi connectivity index (χ3n) is 4.54. The monoisotopic (exact) mass is 489 g/mol. The van der Waals surface area contributed by atoms with E-state index < -0.39 is 9.84 Å². The molecule has 3 rings (SSSR count). The van der Waals surface area contributed by atoms with E-state index >= 15 is 0 Å². The molecule has 34 heavy (non-hydrogen) atoms. The molecule has 0 unspecified atom stereocenters. The number of benzene rings is 2. The van der Waals surface area contributed by atoms with Crippen molar-refractivity contribution in [2.45, 2.75) is 32.1 Å². The van der Waals surface area contributed by atoms with E-state index in [9.17, 15) is 13.2 Å². The first kappa shape index (κ1) is 25.0. The molecule has 0 spiro atoms. The van der Waals surface area contributed by atoms with Crippen LogP contribution in [0.2, 0.25) is 0 Å². The van der Waals surface area contributed by atoms with Gasteiger partial charge in [0.2, 0.25) is 17.5 Å². The van der Waals surface area contributed by atoms with E-state index in [0.29, 0.717) is 48.2 Å². The first-order valence-corrected chi connectivity index (χ1v) is 12.6. The summed E-state index contributed by atoms with van der Waals surface area (Å²) in [5.74, 6) is 1.22. The molecule has 0 aliphatic heterocycles. The van der Waals surface area contributed by atoms with E-state index in [4.69, 9.17) is 18.6 Å². The van der Waals surface area contributed by atoms with Crippen molar-refractivity contribution in [2.24, 2.45) is 0 Å². The number of carbonyl (C=O) groups excluding carboxylic acids is 1. The maximum atomic E-state index is 12.4. The molecule has 3 aromatic rings. The molecule has 0 radical (unpaired) electrons. The molecule has 0 atom stereocenters. The Bertz CT molecular complexity index is 1210. The molecule has 0 aliphatic rings. The highest BCUT2D eigenvalue weighted by Gasteiger charge is 2.19. The fourth-order valence-electron chi connectivity index (χ4n) is 3.11. The predicted molar refractivity (Wildman–Crippen MR) is 125 cm³/mol. The van der Waals surface area contributed by atoms with Crippen molar-refractivity contribution in [3.05, 3.63) is 42.0 Å². The number of nitrogens with zero attached hydrogens (tertiary/aromatic N) is 2. The normalized spacial score (nSPS) is 11.2. The number of carbonyl (C=O) groups is 1. The molecule has 182 valence electrons. The second kappa shape index (κ2) is 11.0. The fraction of sp³-hybridized carbons (Fsp3) is 0.348. The standard InChI is InChI=1S/C23H27N3O7S/c1-5-30-18-13-16(14-19(31-6-2)21(18)32-7-3)22-25-26-23(33-22)24-20(27)12-15-8-10-17(11-9-15)34(4,28)29/h8-11,13-14H,5-7,12H2,1-4H3,(H,24,26,27). The van der Waals surface area contributed by atoms with E-state index in [2.05, 4.69) is 15.5 Å². The van der Waals surface area contributed by atoms with Crippen LogP contribution < -0.4 is 19.5 Å². The maximum absolute atomic E-state index is 12.4. The highest BCUT2D eigenvalue weighted by Crippen LogP contribution is 2.41. The number of nitrogens with one attached hydrogen (secondary N) is 1. The third-order valence-corrected chi connectivity index (χ3v) is 5.67. The third kappa shape index (κ3) is 6.25. The van der Waals surface area contributed by atoms with Crippen LogP contribution in [-0.2, 0) is 21.1 Å². The van der Waals surface area contributed by atoms with Crippen LogP contribution in [0.4, 0.5) is 6.01 Å². The van der Waals surface area contributed by atoms with E-state index in [1.807, 2.05) is 20.8 Å². The minimum absolute atomic E-state index is 0.00772. The van der Waals surface area contributed by atoms with Crippen molar-refractivity contribution in [1.82, 2.24) is 10.2 Å². The minimum atomic E-state index is -3.30. The average Bonchev–Trinajstić information content (AvgIpc) is 3.24. The van der Waals surface area contributed by atoms with Crippen LogP contribution in [0.15, 0.2) is 45.7 Å². The van der Waals surface area contributed by atoms with Gasteiger partial charge in [0.25, 0.3) is 0 Å². The number of anilines is 1. The molecule has 1 aromatic heterocycles. The van der Waals surface area contributed by atoms with Crippen LogP contribution in [0.3, 0.4) is 0 Å². The van der Waals surface area contributed by atoms with E-state index in [-0.39, 0.29) is 29.1 Å². The SMILES string of the molecule is CCOc1cc(-c2nnc(NC(=O)Cc3ccc(S(C)(=O)=O)cc3)o2)cc(OCC)c1OCC. The van der Waals surface area contributed by atoms with Crippen LogP contribution in [0.5, 0.6) is 17.2 Å². The summed E-state index contributed by atoms with van der Waals surface area (Å²) in [6, 6.07) is 9.43. The Balaban J connectivity index is 1.77. The molecule has 1 amide bonds. The molecule has 1 heterocycles. The van der Waals surface area contributed by atoms with Crippen molar-refractivity contribution in [3.8, 4) is 28.7 Å². The summed E-state index contributed by atoms with van der Waals surface area (Å²) in [7, 11) is -3.30. The lowest BCUT2D eigenvalue weighted by molar-refractivity contribution is -0.115. The molecular weight excluding hydrogens is 462 g/mol. The van der Waals surface area contributed by atoms with E-state index in [0.717, 1.165) is 6.26 Å². The van der Waals surface area contributed by atoms with E-state index in [1.54, 1.807) is 24.3 Å². The molecule has 1 N–H and O–H groups in total. The molecule has 0 saturated carbocycles. The van der Waals surface area contributed by atoms with Crippen LogP contribution in [-0.4, -0.2) is 50.6 Å². The average molecular weight is 490 g/mol. The Kier molecular flexibility index (Phi) is 8.11. The van der Waals surface area contributed by atoms with Gasteiger partial charge in [-0.05, 0) is 50.6 Å². The number of amides is 1. The molecule has 2 aromatic carbocycles. The van der Waals surface area contributed by atoms with Gasteiger partial charge in [-0.3, -0.25) is 10.1 Å². The van der Waals surface area contributed by atoms with Gasteiger partial charge in [-0.15, -0.1) is 5.10 Å². The quantitative estimate of drug-likeness (QED) is 0.430. The molecule has 11 heteroatoms. The highest BCUT2D eigenvalue weighted by atomic mass is 32.2. The minimum Gasteiger partial charge on any atom is -0.490 e. The molecule has 10 nitrogen and oxygen atoms in total. The van der Waals surface area contributed by atoms with Gasteiger partial charge in [-0.2, -0.15) is 0 Å². The van der Waals surface area contributed by atoms with Crippen LogP contribution in [0, 0.1) is 0 Å². The smallest absolute Gasteiger partial charge is 0.322 e. The maximum Gasteiger partial charge on any atom is 0.322 e. The van der Waals surface area contributed by atoms with Gasteiger partial charge >= 0.3 is 6.01 Å². The summed E-state index contributed by atoms with van der Waals surface area (Å²) in [6.45, 7) is 6.87. The topological polar surface area (TPSA) is 130 Å². The Morgan fingerprint density at radius 2 is 1.53 bits per heavy atom. The number of ether oxygens (including phenoxy) is 3. The second-order valence-corrected chi connectivity index (χ2v) is 9.17. The lowest BCUT2D eigenvalue weighted by Gasteiger charge is -2.16. The van der Waals surface area contributed by atoms with Crippen LogP contribution >= 0.6 is 0 Å². The van der Waals surface area contributed by atoms with Crippen LogP contribution in [0.25, 0.3) is 11.5 Å². The summed E-state index contributed by atoms with van der Waals surface area (Å²) in [5.41, 5.74) is 1.18. The molecule has 0 aliphatic carbocycles. The summed E-state index contributed by atoms with van der Waals surface area (Å²) in [5, 5.41) is 10.5.